The molecule has 5 atom stereocenters. The van der Waals surface area contributed by atoms with Crippen molar-refractivity contribution in [3.63, 3.8) is 0 Å². The molecule has 1 fully saturated rings. The van der Waals surface area contributed by atoms with Gasteiger partial charge >= 0.3 is 11.9 Å². The lowest BCUT2D eigenvalue weighted by atomic mass is 10.0. The summed E-state index contributed by atoms with van der Waals surface area (Å²) in [5, 5.41) is 0. The van der Waals surface area contributed by atoms with Crippen LogP contribution in [0.2, 0.25) is 0 Å². The second-order valence-corrected chi connectivity index (χ2v) is 7.80. The summed E-state index contributed by atoms with van der Waals surface area (Å²) >= 11 is 0. The van der Waals surface area contributed by atoms with Crippen LogP contribution in [0.3, 0.4) is 0 Å². The second-order valence-electron chi connectivity index (χ2n) is 7.80. The zero-order valence-electron chi connectivity index (χ0n) is 18.2. The van der Waals surface area contributed by atoms with Gasteiger partial charge in [0.2, 0.25) is 0 Å². The van der Waals surface area contributed by atoms with E-state index in [1.165, 1.54) is 0 Å². The van der Waals surface area contributed by atoms with Crippen LogP contribution in [0.1, 0.15) is 60.7 Å². The first-order chi connectivity index (χ1) is 15.0. The maximum atomic E-state index is 12.7. The number of carbonyl (C=O) groups excluding carboxylic acids is 2. The second kappa shape index (κ2) is 11.1. The van der Waals surface area contributed by atoms with Gasteiger partial charge in [0.25, 0.3) is 0 Å². The van der Waals surface area contributed by atoms with Crippen LogP contribution in [0.25, 0.3) is 0 Å². The predicted octanol–water partition coefficient (Wildman–Crippen LogP) is 4.78. The molecule has 166 valence electrons. The molecule has 2 aromatic carbocycles. The van der Waals surface area contributed by atoms with Crippen molar-refractivity contribution in [3.8, 4) is 0 Å². The number of hydrogen-bond acceptors (Lipinski definition) is 6. The summed E-state index contributed by atoms with van der Waals surface area (Å²) < 4.78 is 23.5. The van der Waals surface area contributed by atoms with Crippen molar-refractivity contribution in [1.29, 1.82) is 0 Å². The Kier molecular flexibility index (Phi) is 8.20. The van der Waals surface area contributed by atoms with Crippen LogP contribution in [0.5, 0.6) is 0 Å². The normalized spacial score (nSPS) is 24.2. The number of rotatable bonds is 8. The Morgan fingerprint density at radius 3 is 1.97 bits per heavy atom. The monoisotopic (exact) mass is 426 g/mol. The lowest BCUT2D eigenvalue weighted by molar-refractivity contribution is -0.272. The van der Waals surface area contributed by atoms with Crippen LogP contribution < -0.4 is 0 Å². The molecular weight excluding hydrogens is 396 g/mol. The minimum absolute atomic E-state index is 0.0523. The van der Waals surface area contributed by atoms with E-state index < -0.39 is 36.5 Å². The largest absolute Gasteiger partial charge is 0.456 e. The molecular formula is C25H30O6. The number of ether oxygens (including phenoxy) is 4. The molecule has 1 heterocycles. The molecule has 0 aromatic heterocycles. The van der Waals surface area contributed by atoms with Crippen LogP contribution in [0.4, 0.5) is 0 Å². The molecule has 0 amide bonds. The summed E-state index contributed by atoms with van der Waals surface area (Å²) in [5.41, 5.74) is 0.904. The molecule has 0 N–H and O–H groups in total. The minimum Gasteiger partial charge on any atom is -0.456 e. The highest BCUT2D eigenvalue weighted by molar-refractivity contribution is 5.90. The van der Waals surface area contributed by atoms with E-state index in [1.54, 1.807) is 48.5 Å². The molecule has 1 saturated heterocycles. The van der Waals surface area contributed by atoms with Crippen molar-refractivity contribution in [2.75, 3.05) is 0 Å². The molecule has 3 rings (SSSR count). The quantitative estimate of drug-likeness (QED) is 0.566. The average Bonchev–Trinajstić information content (AvgIpc) is 2.78. The Morgan fingerprint density at radius 2 is 1.45 bits per heavy atom. The molecule has 0 bridgehead atoms. The van der Waals surface area contributed by atoms with Gasteiger partial charge in [-0.2, -0.15) is 0 Å². The highest BCUT2D eigenvalue weighted by Crippen LogP contribution is 2.28. The zero-order chi connectivity index (χ0) is 22.2. The molecule has 2 aromatic rings. The van der Waals surface area contributed by atoms with Gasteiger partial charge in [-0.15, -0.1) is 0 Å². The average molecular weight is 427 g/mol. The molecule has 0 spiro atoms. The van der Waals surface area contributed by atoms with Crippen LogP contribution in [0, 0.1) is 0 Å². The van der Waals surface area contributed by atoms with Gasteiger partial charge in [-0.25, -0.2) is 9.59 Å². The van der Waals surface area contributed by atoms with Crippen molar-refractivity contribution >= 4 is 11.9 Å². The van der Waals surface area contributed by atoms with Gasteiger partial charge < -0.3 is 18.9 Å². The van der Waals surface area contributed by atoms with E-state index in [0.717, 1.165) is 12.8 Å². The Morgan fingerprint density at radius 1 is 0.935 bits per heavy atom. The highest BCUT2D eigenvalue weighted by Gasteiger charge is 2.41. The van der Waals surface area contributed by atoms with Crippen LogP contribution in [-0.2, 0) is 18.9 Å². The molecule has 0 saturated carbocycles. The Balaban J connectivity index is 1.72. The van der Waals surface area contributed by atoms with Gasteiger partial charge in [0.15, 0.2) is 12.4 Å². The lowest BCUT2D eigenvalue weighted by Crippen LogP contribution is -2.51. The van der Waals surface area contributed by atoms with Crippen LogP contribution in [-0.4, -0.2) is 42.6 Å². The van der Waals surface area contributed by atoms with E-state index in [9.17, 15) is 9.59 Å². The first-order valence-corrected chi connectivity index (χ1v) is 10.8. The third-order valence-corrected chi connectivity index (χ3v) is 5.24. The van der Waals surface area contributed by atoms with Crippen molar-refractivity contribution in [1.82, 2.24) is 0 Å². The lowest BCUT2D eigenvalue weighted by Gasteiger charge is -2.39. The summed E-state index contributed by atoms with van der Waals surface area (Å²) in [5.74, 6) is -0.901. The smallest absolute Gasteiger partial charge is 0.338 e. The summed E-state index contributed by atoms with van der Waals surface area (Å²) in [6.07, 6.45) is -0.325. The van der Waals surface area contributed by atoms with Gasteiger partial charge in [0.05, 0.1) is 23.3 Å². The van der Waals surface area contributed by atoms with Crippen molar-refractivity contribution in [2.45, 2.75) is 70.7 Å². The molecule has 1 aliphatic rings. The summed E-state index contributed by atoms with van der Waals surface area (Å²) in [7, 11) is 0. The SMILES string of the molecule is CCCC(C)OC1OC(C)C(OC(=O)c2ccccc2)CC1OC(=O)c1ccccc1. The first kappa shape index (κ1) is 23.0. The van der Waals surface area contributed by atoms with Gasteiger partial charge in [-0.1, -0.05) is 49.7 Å². The molecule has 6 heteroatoms. The standard InChI is InChI=1S/C25H30O6/c1-4-11-17(2)28-25-22(31-24(27)20-14-9-6-10-15-20)16-21(18(3)29-25)30-23(26)19-12-7-5-8-13-19/h5-10,12-15,17-18,21-22,25H,4,11,16H2,1-3H3. The maximum Gasteiger partial charge on any atom is 0.338 e. The van der Waals surface area contributed by atoms with E-state index in [1.807, 2.05) is 26.0 Å². The number of benzene rings is 2. The van der Waals surface area contributed by atoms with Crippen molar-refractivity contribution < 1.29 is 28.5 Å². The van der Waals surface area contributed by atoms with Gasteiger partial charge in [-0.3, -0.25) is 0 Å². The molecule has 6 nitrogen and oxygen atoms in total. The number of esters is 2. The van der Waals surface area contributed by atoms with E-state index in [4.69, 9.17) is 18.9 Å². The zero-order valence-corrected chi connectivity index (χ0v) is 18.2. The highest BCUT2D eigenvalue weighted by atomic mass is 16.7. The predicted molar refractivity (Wildman–Crippen MR) is 116 cm³/mol. The Hall–Kier alpha value is -2.70. The molecule has 1 aliphatic heterocycles. The molecule has 0 aliphatic carbocycles. The van der Waals surface area contributed by atoms with E-state index in [-0.39, 0.29) is 6.10 Å². The summed E-state index contributed by atoms with van der Waals surface area (Å²) in [6, 6.07) is 17.6. The van der Waals surface area contributed by atoms with E-state index in [2.05, 4.69) is 6.92 Å². The fraction of sp³-hybridized carbons (Fsp3) is 0.440. The third kappa shape index (κ3) is 6.39. The van der Waals surface area contributed by atoms with Crippen LogP contribution >= 0.6 is 0 Å². The molecule has 0 radical (unpaired) electrons. The van der Waals surface area contributed by atoms with Gasteiger partial charge in [-0.05, 0) is 44.5 Å². The Labute approximate surface area is 183 Å². The number of hydrogen-bond donors (Lipinski definition) is 0. The van der Waals surface area contributed by atoms with Crippen LogP contribution in [0.15, 0.2) is 60.7 Å². The van der Waals surface area contributed by atoms with Gasteiger partial charge in [0, 0.05) is 6.42 Å². The third-order valence-electron chi connectivity index (χ3n) is 5.24. The topological polar surface area (TPSA) is 71.1 Å². The van der Waals surface area contributed by atoms with E-state index in [0.29, 0.717) is 17.5 Å². The van der Waals surface area contributed by atoms with E-state index >= 15 is 0 Å². The molecule has 5 unspecified atom stereocenters. The fourth-order valence-electron chi connectivity index (χ4n) is 3.55. The number of carbonyl (C=O) groups is 2. The van der Waals surface area contributed by atoms with Crippen molar-refractivity contribution in [2.24, 2.45) is 0 Å². The fourth-order valence-corrected chi connectivity index (χ4v) is 3.55. The first-order valence-electron chi connectivity index (χ1n) is 10.8. The summed E-state index contributed by atoms with van der Waals surface area (Å²) in [6.45, 7) is 5.88. The van der Waals surface area contributed by atoms with Crippen molar-refractivity contribution in [3.05, 3.63) is 71.8 Å². The minimum atomic E-state index is -0.726. The summed E-state index contributed by atoms with van der Waals surface area (Å²) in [4.78, 5) is 25.2. The van der Waals surface area contributed by atoms with Gasteiger partial charge in [0.1, 0.15) is 6.10 Å². The Bertz CT molecular complexity index is 838. The maximum absolute atomic E-state index is 12.7. The molecule has 31 heavy (non-hydrogen) atoms.